The molecular formula is C17H23ClN4O. The first-order valence-electron chi connectivity index (χ1n) is 7.80. The molecule has 2 aromatic heterocycles. The summed E-state index contributed by atoms with van der Waals surface area (Å²) in [6, 6.07) is 10.5. The molecule has 1 aliphatic rings. The number of halogens is 1. The number of hydrogen-bond donors (Lipinski definition) is 1. The largest absolute Gasteiger partial charge is 0.478 e. The smallest absolute Gasteiger partial charge is 0.213 e. The van der Waals surface area contributed by atoms with E-state index in [0.717, 1.165) is 31.9 Å². The van der Waals surface area contributed by atoms with E-state index in [-0.39, 0.29) is 12.4 Å². The van der Waals surface area contributed by atoms with Crippen LogP contribution >= 0.6 is 12.4 Å². The van der Waals surface area contributed by atoms with Gasteiger partial charge in [0.25, 0.3) is 0 Å². The zero-order valence-corrected chi connectivity index (χ0v) is 14.1. The monoisotopic (exact) mass is 334 g/mol. The Bertz CT molecular complexity index is 596. The lowest BCUT2D eigenvalue weighted by molar-refractivity contribution is 0.151. The maximum Gasteiger partial charge on any atom is 0.213 e. The average Bonchev–Trinajstić information content (AvgIpc) is 2.57. The van der Waals surface area contributed by atoms with Gasteiger partial charge in [0, 0.05) is 50.7 Å². The molecule has 6 heteroatoms. The third kappa shape index (κ3) is 4.64. The number of piperazine rings is 1. The minimum atomic E-state index is 0. The van der Waals surface area contributed by atoms with Gasteiger partial charge in [0.2, 0.25) is 5.88 Å². The van der Waals surface area contributed by atoms with Gasteiger partial charge < -0.3 is 10.1 Å². The van der Waals surface area contributed by atoms with E-state index in [2.05, 4.69) is 38.4 Å². The van der Waals surface area contributed by atoms with Crippen LogP contribution in [0.25, 0.3) is 0 Å². The van der Waals surface area contributed by atoms with Gasteiger partial charge in [-0.05, 0) is 30.7 Å². The van der Waals surface area contributed by atoms with E-state index in [9.17, 15) is 0 Å². The van der Waals surface area contributed by atoms with Crippen LogP contribution in [0.15, 0.2) is 42.7 Å². The second kappa shape index (κ2) is 8.82. The quantitative estimate of drug-likeness (QED) is 0.910. The van der Waals surface area contributed by atoms with E-state index in [1.165, 1.54) is 5.56 Å². The van der Waals surface area contributed by atoms with Crippen molar-refractivity contribution in [2.75, 3.05) is 26.2 Å². The third-order valence-corrected chi connectivity index (χ3v) is 3.88. The fourth-order valence-electron chi connectivity index (χ4n) is 2.83. The summed E-state index contributed by atoms with van der Waals surface area (Å²) in [4.78, 5) is 11.2. The lowest BCUT2D eigenvalue weighted by Gasteiger charge is -2.36. The minimum absolute atomic E-state index is 0. The number of ether oxygens (including phenoxy) is 1. The zero-order chi connectivity index (χ0) is 15.2. The summed E-state index contributed by atoms with van der Waals surface area (Å²) in [6.07, 6.45) is 3.71. The van der Waals surface area contributed by atoms with Crippen molar-refractivity contribution in [3.63, 3.8) is 0 Å². The Morgan fingerprint density at radius 2 is 2.09 bits per heavy atom. The highest BCUT2D eigenvalue weighted by Gasteiger charge is 2.24. The Morgan fingerprint density at radius 1 is 1.26 bits per heavy atom. The fraction of sp³-hybridized carbons (Fsp3) is 0.412. The van der Waals surface area contributed by atoms with Crippen molar-refractivity contribution in [1.82, 2.24) is 20.2 Å². The van der Waals surface area contributed by atoms with Crippen molar-refractivity contribution in [2.45, 2.75) is 19.5 Å². The number of nitrogens with zero attached hydrogens (tertiary/aromatic N) is 3. The van der Waals surface area contributed by atoms with Crippen LogP contribution in [-0.4, -0.2) is 41.1 Å². The summed E-state index contributed by atoms with van der Waals surface area (Å²) in [7, 11) is 0. The molecule has 1 fully saturated rings. The van der Waals surface area contributed by atoms with Crippen molar-refractivity contribution in [2.24, 2.45) is 0 Å². The summed E-state index contributed by atoms with van der Waals surface area (Å²) in [6.45, 7) is 6.42. The molecule has 0 radical (unpaired) electrons. The molecule has 0 spiro atoms. The van der Waals surface area contributed by atoms with Crippen molar-refractivity contribution in [1.29, 1.82) is 0 Å². The molecule has 1 saturated heterocycles. The van der Waals surface area contributed by atoms with Gasteiger partial charge in [0.15, 0.2) is 0 Å². The molecule has 23 heavy (non-hydrogen) atoms. The number of rotatable bonds is 5. The molecule has 0 aromatic carbocycles. The number of hydrogen-bond acceptors (Lipinski definition) is 5. The Balaban J connectivity index is 0.00000192. The molecule has 1 unspecified atom stereocenters. The van der Waals surface area contributed by atoms with E-state index in [1.807, 2.05) is 31.5 Å². The van der Waals surface area contributed by atoms with Crippen LogP contribution in [0.2, 0.25) is 0 Å². The second-order valence-electron chi connectivity index (χ2n) is 5.37. The average molecular weight is 335 g/mol. The predicted octanol–water partition coefficient (Wildman–Crippen LogP) is 2.44. The van der Waals surface area contributed by atoms with E-state index in [4.69, 9.17) is 4.74 Å². The van der Waals surface area contributed by atoms with Gasteiger partial charge in [-0.3, -0.25) is 9.88 Å². The van der Waals surface area contributed by atoms with Crippen LogP contribution in [0.4, 0.5) is 0 Å². The first-order chi connectivity index (χ1) is 10.9. The van der Waals surface area contributed by atoms with Crippen molar-refractivity contribution >= 4 is 12.4 Å². The molecule has 0 saturated carbocycles. The van der Waals surface area contributed by atoms with Gasteiger partial charge >= 0.3 is 0 Å². The van der Waals surface area contributed by atoms with Gasteiger partial charge in [-0.15, -0.1) is 12.4 Å². The maximum absolute atomic E-state index is 5.50. The molecular weight excluding hydrogens is 312 g/mol. The molecule has 3 heterocycles. The summed E-state index contributed by atoms with van der Waals surface area (Å²) in [5.41, 5.74) is 2.34. The molecule has 124 valence electrons. The van der Waals surface area contributed by atoms with Gasteiger partial charge in [-0.2, -0.15) is 0 Å². The molecule has 0 bridgehead atoms. The summed E-state index contributed by atoms with van der Waals surface area (Å²) in [5.74, 6) is 0.704. The highest BCUT2D eigenvalue weighted by Crippen LogP contribution is 2.23. The van der Waals surface area contributed by atoms with Gasteiger partial charge in [0.05, 0.1) is 12.3 Å². The highest BCUT2D eigenvalue weighted by molar-refractivity contribution is 5.85. The Kier molecular flexibility index (Phi) is 6.77. The van der Waals surface area contributed by atoms with Crippen LogP contribution in [-0.2, 0) is 6.54 Å². The molecule has 1 N–H and O–H groups in total. The fourth-order valence-corrected chi connectivity index (χ4v) is 2.83. The number of aromatic nitrogens is 2. The number of pyridine rings is 2. The first-order valence-corrected chi connectivity index (χ1v) is 7.80. The van der Waals surface area contributed by atoms with Crippen LogP contribution in [0, 0.1) is 0 Å². The maximum atomic E-state index is 5.50. The molecule has 0 amide bonds. The van der Waals surface area contributed by atoms with E-state index >= 15 is 0 Å². The van der Waals surface area contributed by atoms with Crippen LogP contribution < -0.4 is 10.1 Å². The third-order valence-electron chi connectivity index (χ3n) is 3.88. The minimum Gasteiger partial charge on any atom is -0.478 e. The predicted molar refractivity (Wildman–Crippen MR) is 92.9 cm³/mol. The van der Waals surface area contributed by atoms with Gasteiger partial charge in [0.1, 0.15) is 0 Å². The molecule has 1 aliphatic heterocycles. The second-order valence-corrected chi connectivity index (χ2v) is 5.37. The van der Waals surface area contributed by atoms with Crippen LogP contribution in [0.3, 0.4) is 0 Å². The van der Waals surface area contributed by atoms with Crippen molar-refractivity contribution < 1.29 is 4.74 Å². The van der Waals surface area contributed by atoms with Crippen molar-refractivity contribution in [3.05, 3.63) is 54.0 Å². The van der Waals surface area contributed by atoms with E-state index < -0.39 is 0 Å². The van der Waals surface area contributed by atoms with Crippen LogP contribution in [0.1, 0.15) is 24.2 Å². The van der Waals surface area contributed by atoms with Gasteiger partial charge in [-0.1, -0.05) is 6.07 Å². The lowest BCUT2D eigenvalue weighted by atomic mass is 10.0. The van der Waals surface area contributed by atoms with E-state index in [1.54, 1.807) is 0 Å². The summed E-state index contributed by atoms with van der Waals surface area (Å²) < 4.78 is 5.50. The SMILES string of the molecule is CCOc1cccc(CN2CCNCC2c2ccncc2)n1.Cl. The van der Waals surface area contributed by atoms with Crippen molar-refractivity contribution in [3.8, 4) is 5.88 Å². The highest BCUT2D eigenvalue weighted by atomic mass is 35.5. The summed E-state index contributed by atoms with van der Waals surface area (Å²) in [5, 5.41) is 3.47. The van der Waals surface area contributed by atoms with Crippen LogP contribution in [0.5, 0.6) is 5.88 Å². The normalized spacial score (nSPS) is 18.2. The topological polar surface area (TPSA) is 50.3 Å². The van der Waals surface area contributed by atoms with Gasteiger partial charge in [-0.25, -0.2) is 4.98 Å². The Hall–Kier alpha value is -1.69. The Morgan fingerprint density at radius 3 is 2.87 bits per heavy atom. The first kappa shape index (κ1) is 17.7. The molecule has 1 atom stereocenters. The number of nitrogens with one attached hydrogen (secondary N) is 1. The molecule has 3 rings (SSSR count). The lowest BCUT2D eigenvalue weighted by Crippen LogP contribution is -2.45. The Labute approximate surface area is 143 Å². The zero-order valence-electron chi connectivity index (χ0n) is 13.3. The molecule has 0 aliphatic carbocycles. The molecule has 5 nitrogen and oxygen atoms in total. The van der Waals surface area contributed by atoms with E-state index in [0.29, 0.717) is 18.5 Å². The molecule has 2 aromatic rings. The summed E-state index contributed by atoms with van der Waals surface area (Å²) >= 11 is 0. The standard InChI is InChI=1S/C17H22N4O.ClH/c1-2-22-17-5-3-4-15(20-17)13-21-11-10-19-12-16(21)14-6-8-18-9-7-14;/h3-9,16,19H,2,10-13H2,1H3;1H.